The highest BCUT2D eigenvalue weighted by molar-refractivity contribution is 6.42. The van der Waals surface area contributed by atoms with E-state index in [0.29, 0.717) is 33.7 Å². The molecule has 0 radical (unpaired) electrons. The van der Waals surface area contributed by atoms with Gasteiger partial charge in [-0.25, -0.2) is 4.68 Å². The molecule has 0 saturated heterocycles. The summed E-state index contributed by atoms with van der Waals surface area (Å²) in [6.45, 7) is 0.383. The van der Waals surface area contributed by atoms with Gasteiger partial charge in [-0.1, -0.05) is 47.5 Å². The first-order valence-corrected chi connectivity index (χ1v) is 8.25. The first kappa shape index (κ1) is 17.3. The van der Waals surface area contributed by atoms with Crippen molar-refractivity contribution in [1.29, 1.82) is 0 Å². The minimum Gasteiger partial charge on any atom is -0.496 e. The van der Waals surface area contributed by atoms with Gasteiger partial charge >= 0.3 is 0 Å². The van der Waals surface area contributed by atoms with Crippen LogP contribution in [0.2, 0.25) is 10.0 Å². The highest BCUT2D eigenvalue weighted by Crippen LogP contribution is 2.27. The Morgan fingerprint density at radius 1 is 1.16 bits per heavy atom. The number of anilines is 1. The van der Waals surface area contributed by atoms with E-state index in [1.165, 1.54) is 7.11 Å². The third kappa shape index (κ3) is 3.78. The number of aromatic nitrogens is 2. The van der Waals surface area contributed by atoms with Crippen molar-refractivity contribution in [2.75, 3.05) is 12.4 Å². The first-order chi connectivity index (χ1) is 12.1. The molecule has 1 amide bonds. The number of ether oxygens (including phenoxy) is 1. The molecule has 1 N–H and O–H groups in total. The van der Waals surface area contributed by atoms with E-state index in [1.807, 2.05) is 12.1 Å². The standard InChI is InChI=1S/C18H15Cl2N3O2/c1-25-15-8-3-2-6-13(15)18(24)22-16-9-10-21-23(16)11-12-5-4-7-14(19)17(12)20/h2-10H,11H2,1H3,(H,22,24). The lowest BCUT2D eigenvalue weighted by molar-refractivity contribution is 0.102. The number of carbonyl (C=O) groups is 1. The third-order valence-electron chi connectivity index (χ3n) is 3.66. The number of nitrogens with zero attached hydrogens (tertiary/aromatic N) is 2. The molecular weight excluding hydrogens is 361 g/mol. The summed E-state index contributed by atoms with van der Waals surface area (Å²) < 4.78 is 6.87. The fourth-order valence-electron chi connectivity index (χ4n) is 2.41. The van der Waals surface area contributed by atoms with Crippen LogP contribution in [0.5, 0.6) is 5.75 Å². The van der Waals surface area contributed by atoms with Gasteiger partial charge in [0.05, 0.1) is 35.5 Å². The monoisotopic (exact) mass is 375 g/mol. The summed E-state index contributed by atoms with van der Waals surface area (Å²) in [5, 5.41) is 8.03. The van der Waals surface area contributed by atoms with E-state index in [1.54, 1.807) is 47.3 Å². The number of benzene rings is 2. The Labute approximate surface area is 155 Å². The Bertz CT molecular complexity index is 909. The number of carbonyl (C=O) groups excluding carboxylic acids is 1. The summed E-state index contributed by atoms with van der Waals surface area (Å²) in [5.74, 6) is 0.771. The van der Waals surface area contributed by atoms with E-state index in [0.717, 1.165) is 5.56 Å². The molecule has 2 aromatic carbocycles. The van der Waals surface area contributed by atoms with Gasteiger partial charge in [0.15, 0.2) is 0 Å². The van der Waals surface area contributed by atoms with Crippen LogP contribution in [0.15, 0.2) is 54.7 Å². The molecule has 1 aromatic heterocycles. The number of nitrogens with one attached hydrogen (secondary N) is 1. The van der Waals surface area contributed by atoms with Gasteiger partial charge in [0, 0.05) is 6.07 Å². The summed E-state index contributed by atoms with van der Waals surface area (Å²) in [6, 6.07) is 14.1. The summed E-state index contributed by atoms with van der Waals surface area (Å²) in [4.78, 5) is 12.5. The maximum atomic E-state index is 12.5. The van der Waals surface area contributed by atoms with Crippen molar-refractivity contribution >= 4 is 34.9 Å². The molecule has 0 atom stereocenters. The van der Waals surface area contributed by atoms with Crippen molar-refractivity contribution in [2.45, 2.75) is 6.54 Å². The highest BCUT2D eigenvalue weighted by atomic mass is 35.5. The number of amides is 1. The second-order valence-corrected chi connectivity index (χ2v) is 6.03. The second-order valence-electron chi connectivity index (χ2n) is 5.24. The summed E-state index contributed by atoms with van der Waals surface area (Å²) in [5.41, 5.74) is 1.25. The molecular formula is C18H15Cl2N3O2. The normalized spacial score (nSPS) is 10.5. The van der Waals surface area contributed by atoms with Crippen LogP contribution >= 0.6 is 23.2 Å². The average molecular weight is 376 g/mol. The molecule has 3 rings (SSSR count). The lowest BCUT2D eigenvalue weighted by atomic mass is 10.2. The van der Waals surface area contributed by atoms with Crippen LogP contribution in [0, 0.1) is 0 Å². The third-order valence-corrected chi connectivity index (χ3v) is 4.52. The molecule has 25 heavy (non-hydrogen) atoms. The summed E-state index contributed by atoms with van der Waals surface area (Å²) in [6.07, 6.45) is 1.61. The molecule has 0 bridgehead atoms. The molecule has 0 aliphatic carbocycles. The smallest absolute Gasteiger partial charge is 0.260 e. The second kappa shape index (κ2) is 7.59. The van der Waals surface area contributed by atoms with Crippen LogP contribution in [0.4, 0.5) is 5.82 Å². The van der Waals surface area contributed by atoms with Gasteiger partial charge in [-0.15, -0.1) is 0 Å². The van der Waals surface area contributed by atoms with Gasteiger partial charge in [0.2, 0.25) is 0 Å². The predicted molar refractivity (Wildman–Crippen MR) is 98.7 cm³/mol. The Hall–Kier alpha value is -2.50. The minimum absolute atomic E-state index is 0.281. The largest absolute Gasteiger partial charge is 0.496 e. The lowest BCUT2D eigenvalue weighted by Crippen LogP contribution is -2.17. The van der Waals surface area contributed by atoms with E-state index in [9.17, 15) is 4.79 Å². The highest BCUT2D eigenvalue weighted by Gasteiger charge is 2.14. The zero-order valence-electron chi connectivity index (χ0n) is 13.4. The minimum atomic E-state index is -0.281. The zero-order chi connectivity index (χ0) is 17.8. The topological polar surface area (TPSA) is 56.1 Å². The number of rotatable bonds is 5. The molecule has 1 heterocycles. The van der Waals surface area contributed by atoms with Gasteiger partial charge in [-0.05, 0) is 23.8 Å². The van der Waals surface area contributed by atoms with E-state index in [4.69, 9.17) is 27.9 Å². The van der Waals surface area contributed by atoms with Crippen LogP contribution in [0.3, 0.4) is 0 Å². The maximum Gasteiger partial charge on any atom is 0.260 e. The van der Waals surface area contributed by atoms with Gasteiger partial charge in [0.1, 0.15) is 11.6 Å². The van der Waals surface area contributed by atoms with Crippen molar-refractivity contribution in [3.8, 4) is 5.75 Å². The first-order valence-electron chi connectivity index (χ1n) is 7.49. The van der Waals surface area contributed by atoms with Crippen LogP contribution < -0.4 is 10.1 Å². The van der Waals surface area contributed by atoms with E-state index in [-0.39, 0.29) is 5.91 Å². The molecule has 0 aliphatic rings. The lowest BCUT2D eigenvalue weighted by Gasteiger charge is -2.12. The van der Waals surface area contributed by atoms with Crippen LogP contribution in [0.1, 0.15) is 15.9 Å². The van der Waals surface area contributed by atoms with E-state index < -0.39 is 0 Å². The Morgan fingerprint density at radius 3 is 2.76 bits per heavy atom. The molecule has 0 unspecified atom stereocenters. The van der Waals surface area contributed by atoms with Gasteiger partial charge in [-0.3, -0.25) is 4.79 Å². The Kier molecular flexibility index (Phi) is 5.26. The summed E-state index contributed by atoms with van der Waals surface area (Å²) in [7, 11) is 1.53. The number of hydrogen-bond acceptors (Lipinski definition) is 3. The summed E-state index contributed by atoms with van der Waals surface area (Å²) >= 11 is 12.3. The number of hydrogen-bond donors (Lipinski definition) is 1. The van der Waals surface area contributed by atoms with Crippen molar-refractivity contribution in [3.05, 3.63) is 75.9 Å². The fraction of sp³-hybridized carbons (Fsp3) is 0.111. The molecule has 7 heteroatoms. The molecule has 5 nitrogen and oxygen atoms in total. The molecule has 0 fully saturated rings. The molecule has 0 spiro atoms. The predicted octanol–water partition coefficient (Wildman–Crippen LogP) is 4.50. The van der Waals surface area contributed by atoms with Gasteiger partial charge < -0.3 is 10.1 Å². The molecule has 0 aliphatic heterocycles. The van der Waals surface area contributed by atoms with Crippen LogP contribution in [0.25, 0.3) is 0 Å². The molecule has 0 saturated carbocycles. The SMILES string of the molecule is COc1ccccc1C(=O)Nc1ccnn1Cc1cccc(Cl)c1Cl. The van der Waals surface area contributed by atoms with Crippen molar-refractivity contribution in [2.24, 2.45) is 0 Å². The number of para-hydroxylation sites is 1. The molecule has 3 aromatic rings. The van der Waals surface area contributed by atoms with Crippen molar-refractivity contribution in [3.63, 3.8) is 0 Å². The Morgan fingerprint density at radius 2 is 1.96 bits per heavy atom. The fourth-order valence-corrected chi connectivity index (χ4v) is 2.79. The average Bonchev–Trinajstić information content (AvgIpc) is 3.05. The van der Waals surface area contributed by atoms with E-state index in [2.05, 4.69) is 10.4 Å². The Balaban J connectivity index is 1.82. The van der Waals surface area contributed by atoms with Crippen molar-refractivity contribution in [1.82, 2.24) is 9.78 Å². The number of halogens is 2. The van der Waals surface area contributed by atoms with Crippen LogP contribution in [-0.4, -0.2) is 22.8 Å². The van der Waals surface area contributed by atoms with Crippen molar-refractivity contribution < 1.29 is 9.53 Å². The van der Waals surface area contributed by atoms with Gasteiger partial charge in [0.25, 0.3) is 5.91 Å². The zero-order valence-corrected chi connectivity index (χ0v) is 14.9. The van der Waals surface area contributed by atoms with Gasteiger partial charge in [-0.2, -0.15) is 5.10 Å². The number of methoxy groups -OCH3 is 1. The maximum absolute atomic E-state index is 12.5. The quantitative estimate of drug-likeness (QED) is 0.714. The van der Waals surface area contributed by atoms with E-state index >= 15 is 0 Å². The van der Waals surface area contributed by atoms with Crippen LogP contribution in [-0.2, 0) is 6.54 Å². The molecule has 128 valence electrons.